The number of halogens is 2. The van der Waals surface area contributed by atoms with E-state index in [0.29, 0.717) is 5.69 Å². The first-order valence-electron chi connectivity index (χ1n) is 5.58. The summed E-state index contributed by atoms with van der Waals surface area (Å²) in [5.41, 5.74) is -0.300. The van der Waals surface area contributed by atoms with Crippen LogP contribution in [-0.4, -0.2) is 22.0 Å². The first-order chi connectivity index (χ1) is 9.41. The first-order valence-corrected chi connectivity index (χ1v) is 5.58. The minimum Gasteiger partial charge on any atom is -0.478 e. The molecule has 2 rings (SSSR count). The number of anilines is 1. The summed E-state index contributed by atoms with van der Waals surface area (Å²) < 4.78 is 26.5. The number of amides is 1. The van der Waals surface area contributed by atoms with Gasteiger partial charge in [0.2, 0.25) is 0 Å². The van der Waals surface area contributed by atoms with Crippen LogP contribution in [0.3, 0.4) is 0 Å². The van der Waals surface area contributed by atoms with Crippen molar-refractivity contribution in [3.63, 3.8) is 0 Å². The van der Waals surface area contributed by atoms with Gasteiger partial charge in [-0.25, -0.2) is 13.6 Å². The Morgan fingerprint density at radius 3 is 2.65 bits per heavy atom. The molecule has 1 heterocycles. The van der Waals surface area contributed by atoms with Crippen molar-refractivity contribution < 1.29 is 23.5 Å². The highest BCUT2D eigenvalue weighted by atomic mass is 19.2. The Hall–Kier alpha value is -2.70. The number of hydrogen-bond donors (Lipinski definition) is 3. The lowest BCUT2D eigenvalue weighted by Gasteiger charge is -2.06. The van der Waals surface area contributed by atoms with E-state index in [2.05, 4.69) is 10.3 Å². The lowest BCUT2D eigenvalue weighted by molar-refractivity contribution is 0.0697. The van der Waals surface area contributed by atoms with Crippen LogP contribution in [0.25, 0.3) is 0 Å². The predicted molar refractivity (Wildman–Crippen MR) is 66.8 cm³/mol. The monoisotopic (exact) mass is 280 g/mol. The molecule has 0 fully saturated rings. The smallest absolute Gasteiger partial charge is 0.339 e. The van der Waals surface area contributed by atoms with E-state index in [1.54, 1.807) is 0 Å². The predicted octanol–water partition coefficient (Wildman–Crippen LogP) is 2.55. The van der Waals surface area contributed by atoms with Gasteiger partial charge in [0.05, 0.1) is 11.3 Å². The quantitative estimate of drug-likeness (QED) is 0.808. The second-order valence-electron chi connectivity index (χ2n) is 4.06. The molecule has 1 aromatic carbocycles. The minimum absolute atomic E-state index is 0.0105. The molecule has 0 saturated heterocycles. The van der Waals surface area contributed by atoms with E-state index in [9.17, 15) is 18.4 Å². The third kappa shape index (κ3) is 2.37. The van der Waals surface area contributed by atoms with Gasteiger partial charge in [-0.05, 0) is 19.1 Å². The molecular weight excluding hydrogens is 270 g/mol. The molecule has 0 unspecified atom stereocenters. The van der Waals surface area contributed by atoms with Gasteiger partial charge in [0.1, 0.15) is 5.56 Å². The molecule has 1 aromatic heterocycles. The van der Waals surface area contributed by atoms with E-state index in [4.69, 9.17) is 5.11 Å². The van der Waals surface area contributed by atoms with E-state index < -0.39 is 29.1 Å². The summed E-state index contributed by atoms with van der Waals surface area (Å²) >= 11 is 0. The van der Waals surface area contributed by atoms with Crippen molar-refractivity contribution in [1.29, 1.82) is 0 Å². The van der Waals surface area contributed by atoms with Gasteiger partial charge < -0.3 is 15.4 Å². The number of nitrogens with one attached hydrogen (secondary N) is 2. The number of carboxylic acids is 1. The van der Waals surface area contributed by atoms with Crippen molar-refractivity contribution in [1.82, 2.24) is 4.98 Å². The van der Waals surface area contributed by atoms with Crippen LogP contribution in [0, 0.1) is 18.6 Å². The van der Waals surface area contributed by atoms with E-state index in [1.807, 2.05) is 0 Å². The molecule has 1 amide bonds. The summed E-state index contributed by atoms with van der Waals surface area (Å²) in [7, 11) is 0. The normalized spacial score (nSPS) is 10.3. The highest BCUT2D eigenvalue weighted by Crippen LogP contribution is 2.21. The van der Waals surface area contributed by atoms with Crippen LogP contribution in [-0.2, 0) is 0 Å². The number of aromatic carboxylic acids is 1. The zero-order valence-corrected chi connectivity index (χ0v) is 10.3. The van der Waals surface area contributed by atoms with Gasteiger partial charge in [0.15, 0.2) is 11.6 Å². The van der Waals surface area contributed by atoms with Crippen LogP contribution in [0.1, 0.15) is 26.4 Å². The number of H-pyrrole nitrogens is 1. The first kappa shape index (κ1) is 13.7. The number of carboxylic acid groups (broad SMARTS) is 1. The number of hydrogen-bond acceptors (Lipinski definition) is 2. The number of aryl methyl sites for hydroxylation is 1. The second-order valence-corrected chi connectivity index (χ2v) is 4.06. The van der Waals surface area contributed by atoms with Crippen LogP contribution < -0.4 is 5.32 Å². The molecule has 0 aliphatic heterocycles. The Morgan fingerprint density at radius 2 is 2.00 bits per heavy atom. The molecule has 2 aromatic rings. The van der Waals surface area contributed by atoms with E-state index in [1.165, 1.54) is 19.2 Å². The number of carbonyl (C=O) groups is 2. The summed E-state index contributed by atoms with van der Waals surface area (Å²) in [6.45, 7) is 1.52. The molecule has 5 nitrogen and oxygen atoms in total. The van der Waals surface area contributed by atoms with Gasteiger partial charge in [0, 0.05) is 11.9 Å². The van der Waals surface area contributed by atoms with E-state index in [0.717, 1.165) is 12.1 Å². The molecule has 7 heteroatoms. The van der Waals surface area contributed by atoms with Gasteiger partial charge >= 0.3 is 5.97 Å². The van der Waals surface area contributed by atoms with Crippen molar-refractivity contribution in [2.75, 3.05) is 5.32 Å². The van der Waals surface area contributed by atoms with Crippen molar-refractivity contribution in [2.45, 2.75) is 6.92 Å². The number of carbonyl (C=O) groups excluding carboxylic acids is 1. The Morgan fingerprint density at radius 1 is 1.30 bits per heavy atom. The minimum atomic E-state index is -1.28. The maximum atomic E-state index is 13.5. The van der Waals surface area contributed by atoms with E-state index in [-0.39, 0.29) is 11.3 Å². The largest absolute Gasteiger partial charge is 0.478 e. The Balaban J connectivity index is 2.33. The fourth-order valence-electron chi connectivity index (χ4n) is 1.77. The summed E-state index contributed by atoms with van der Waals surface area (Å²) in [4.78, 5) is 25.5. The molecule has 3 N–H and O–H groups in total. The average molecular weight is 280 g/mol. The zero-order valence-electron chi connectivity index (χ0n) is 10.3. The van der Waals surface area contributed by atoms with Crippen molar-refractivity contribution >= 4 is 17.6 Å². The van der Waals surface area contributed by atoms with Gasteiger partial charge in [0.25, 0.3) is 5.91 Å². The lowest BCUT2D eigenvalue weighted by atomic mass is 10.1. The van der Waals surface area contributed by atoms with Crippen molar-refractivity contribution in [3.8, 4) is 0 Å². The fourth-order valence-corrected chi connectivity index (χ4v) is 1.77. The highest BCUT2D eigenvalue weighted by molar-refractivity contribution is 6.08. The molecule has 0 spiro atoms. The van der Waals surface area contributed by atoms with Crippen LogP contribution in [0.5, 0.6) is 0 Å². The second kappa shape index (κ2) is 5.12. The molecule has 0 bridgehead atoms. The number of aromatic amines is 1. The van der Waals surface area contributed by atoms with Crippen molar-refractivity contribution in [2.24, 2.45) is 0 Å². The summed E-state index contributed by atoms with van der Waals surface area (Å²) in [5, 5.41) is 11.3. The summed E-state index contributed by atoms with van der Waals surface area (Å²) in [6, 6.07) is 3.18. The maximum Gasteiger partial charge on any atom is 0.339 e. The zero-order chi connectivity index (χ0) is 14.9. The summed E-state index contributed by atoms with van der Waals surface area (Å²) in [5.74, 6) is -4.60. The third-order valence-corrected chi connectivity index (χ3v) is 2.74. The Kier molecular flexibility index (Phi) is 3.51. The fraction of sp³-hybridized carbons (Fsp3) is 0.0769. The van der Waals surface area contributed by atoms with Crippen LogP contribution in [0.2, 0.25) is 0 Å². The van der Waals surface area contributed by atoms with Gasteiger partial charge in [-0.3, -0.25) is 4.79 Å². The van der Waals surface area contributed by atoms with Crippen LogP contribution >= 0.6 is 0 Å². The molecule has 20 heavy (non-hydrogen) atoms. The average Bonchev–Trinajstić information content (AvgIpc) is 2.73. The molecule has 0 aliphatic carbocycles. The third-order valence-electron chi connectivity index (χ3n) is 2.74. The van der Waals surface area contributed by atoms with Gasteiger partial charge in [-0.15, -0.1) is 0 Å². The Labute approximate surface area is 112 Å². The van der Waals surface area contributed by atoms with Gasteiger partial charge in [-0.2, -0.15) is 0 Å². The SMILES string of the molecule is Cc1[nH]cc(NC(=O)c2cccc(F)c2F)c1C(=O)O. The standard InChI is InChI=1S/C13H10F2N2O3/c1-6-10(13(19)20)9(5-16-6)17-12(18)7-3-2-4-8(14)11(7)15/h2-5,16H,1H3,(H,17,18)(H,19,20). The lowest BCUT2D eigenvalue weighted by Crippen LogP contribution is -2.16. The number of benzene rings is 1. The molecular formula is C13H10F2N2O3. The molecule has 0 aliphatic rings. The van der Waals surface area contributed by atoms with Crippen LogP contribution in [0.4, 0.5) is 14.5 Å². The van der Waals surface area contributed by atoms with Crippen LogP contribution in [0.15, 0.2) is 24.4 Å². The molecule has 104 valence electrons. The highest BCUT2D eigenvalue weighted by Gasteiger charge is 2.20. The molecule has 0 saturated carbocycles. The summed E-state index contributed by atoms with van der Waals surface area (Å²) in [6.07, 6.45) is 1.27. The van der Waals surface area contributed by atoms with E-state index >= 15 is 0 Å². The van der Waals surface area contributed by atoms with Gasteiger partial charge in [-0.1, -0.05) is 6.07 Å². The number of rotatable bonds is 3. The Bertz CT molecular complexity index is 695. The number of aromatic nitrogens is 1. The van der Waals surface area contributed by atoms with Crippen molar-refractivity contribution in [3.05, 3.63) is 52.9 Å². The topological polar surface area (TPSA) is 82.2 Å². The molecule has 0 atom stereocenters. The maximum absolute atomic E-state index is 13.5. The molecule has 0 radical (unpaired) electrons.